The van der Waals surface area contributed by atoms with Gasteiger partial charge >= 0.3 is 0 Å². The van der Waals surface area contributed by atoms with Crippen LogP contribution < -0.4 is 10.1 Å². The van der Waals surface area contributed by atoms with E-state index in [0.29, 0.717) is 5.92 Å². The zero-order valence-electron chi connectivity index (χ0n) is 10.3. The van der Waals surface area contributed by atoms with E-state index in [2.05, 4.69) is 38.2 Å². The van der Waals surface area contributed by atoms with Gasteiger partial charge in [0.1, 0.15) is 5.75 Å². The largest absolute Gasteiger partial charge is 0.494 e. The van der Waals surface area contributed by atoms with E-state index in [1.54, 1.807) is 0 Å². The topological polar surface area (TPSA) is 21.3 Å². The Bertz CT molecular complexity index is 332. The molecule has 0 aliphatic carbocycles. The highest BCUT2D eigenvalue weighted by atomic mass is 16.5. The molecule has 1 N–H and O–H groups in total. The lowest BCUT2D eigenvalue weighted by Crippen LogP contribution is -2.01. The normalized spacial score (nSPS) is 10.5. The van der Waals surface area contributed by atoms with E-state index in [1.807, 2.05) is 14.0 Å². The van der Waals surface area contributed by atoms with E-state index in [1.165, 1.54) is 16.8 Å². The molecule has 0 amide bonds. The summed E-state index contributed by atoms with van der Waals surface area (Å²) in [6.07, 6.45) is 0. The Labute approximate surface area is 92.6 Å². The predicted octanol–water partition coefficient (Wildman–Crippen LogP) is 3.56. The van der Waals surface area contributed by atoms with Gasteiger partial charge in [0.2, 0.25) is 0 Å². The third-order valence-electron chi connectivity index (χ3n) is 2.55. The molecule has 1 aromatic carbocycles. The molecule has 1 rings (SSSR count). The Balaban J connectivity index is 3.19. The van der Waals surface area contributed by atoms with Crippen LogP contribution in [0.25, 0.3) is 0 Å². The van der Waals surface area contributed by atoms with Gasteiger partial charge in [0, 0.05) is 12.7 Å². The summed E-state index contributed by atoms with van der Waals surface area (Å²) in [6, 6.07) is 4.30. The number of benzene rings is 1. The summed E-state index contributed by atoms with van der Waals surface area (Å²) >= 11 is 0. The molecular formula is C13H21NO. The number of hydrogen-bond acceptors (Lipinski definition) is 2. The smallest absolute Gasteiger partial charge is 0.123 e. The van der Waals surface area contributed by atoms with E-state index in [9.17, 15) is 0 Å². The molecule has 0 spiro atoms. The maximum absolute atomic E-state index is 5.65. The van der Waals surface area contributed by atoms with Crippen molar-refractivity contribution in [1.82, 2.24) is 0 Å². The molecular weight excluding hydrogens is 186 g/mol. The second kappa shape index (κ2) is 5.06. The van der Waals surface area contributed by atoms with Crippen LogP contribution in [-0.4, -0.2) is 13.7 Å². The number of aryl methyl sites for hydroxylation is 1. The van der Waals surface area contributed by atoms with Crippen molar-refractivity contribution in [3.05, 3.63) is 23.3 Å². The number of ether oxygens (including phenoxy) is 1. The summed E-state index contributed by atoms with van der Waals surface area (Å²) in [5.41, 5.74) is 3.68. The molecule has 0 fully saturated rings. The molecule has 0 aromatic heterocycles. The van der Waals surface area contributed by atoms with Crippen LogP contribution in [0.15, 0.2) is 12.1 Å². The first-order valence-electron chi connectivity index (χ1n) is 5.55. The van der Waals surface area contributed by atoms with Crippen LogP contribution in [0.2, 0.25) is 0 Å². The van der Waals surface area contributed by atoms with Gasteiger partial charge in [-0.1, -0.05) is 13.8 Å². The van der Waals surface area contributed by atoms with Crippen molar-refractivity contribution in [3.63, 3.8) is 0 Å². The Morgan fingerprint density at radius 1 is 1.33 bits per heavy atom. The second-order valence-corrected chi connectivity index (χ2v) is 4.04. The Hall–Kier alpha value is -1.18. The van der Waals surface area contributed by atoms with Crippen molar-refractivity contribution in [2.45, 2.75) is 33.6 Å². The molecule has 0 atom stereocenters. The molecule has 0 radical (unpaired) electrons. The quantitative estimate of drug-likeness (QED) is 0.815. The van der Waals surface area contributed by atoms with Crippen molar-refractivity contribution in [3.8, 4) is 5.75 Å². The average molecular weight is 207 g/mol. The highest BCUT2D eigenvalue weighted by Gasteiger charge is 2.10. The molecule has 1 aromatic rings. The van der Waals surface area contributed by atoms with E-state index < -0.39 is 0 Å². The van der Waals surface area contributed by atoms with Gasteiger partial charge in [0.25, 0.3) is 0 Å². The molecule has 0 saturated carbocycles. The zero-order valence-corrected chi connectivity index (χ0v) is 10.3. The summed E-state index contributed by atoms with van der Waals surface area (Å²) in [4.78, 5) is 0. The van der Waals surface area contributed by atoms with Crippen LogP contribution in [0.5, 0.6) is 5.75 Å². The lowest BCUT2D eigenvalue weighted by atomic mass is 9.99. The predicted molar refractivity (Wildman–Crippen MR) is 66.0 cm³/mol. The fourth-order valence-electron chi connectivity index (χ4n) is 1.70. The van der Waals surface area contributed by atoms with E-state index in [-0.39, 0.29) is 0 Å². The minimum absolute atomic E-state index is 0.485. The van der Waals surface area contributed by atoms with E-state index >= 15 is 0 Å². The summed E-state index contributed by atoms with van der Waals surface area (Å²) < 4.78 is 5.65. The van der Waals surface area contributed by atoms with Crippen molar-refractivity contribution >= 4 is 5.69 Å². The molecule has 0 aliphatic rings. The van der Waals surface area contributed by atoms with Crippen molar-refractivity contribution < 1.29 is 4.74 Å². The van der Waals surface area contributed by atoms with Gasteiger partial charge in [-0.05, 0) is 43.0 Å². The Morgan fingerprint density at radius 3 is 2.47 bits per heavy atom. The minimum Gasteiger partial charge on any atom is -0.494 e. The van der Waals surface area contributed by atoms with Gasteiger partial charge in [-0.3, -0.25) is 0 Å². The zero-order chi connectivity index (χ0) is 11.4. The lowest BCUT2D eigenvalue weighted by molar-refractivity contribution is 0.335. The summed E-state index contributed by atoms with van der Waals surface area (Å²) in [5, 5.41) is 3.20. The first-order valence-corrected chi connectivity index (χ1v) is 5.55. The Morgan fingerprint density at radius 2 is 2.00 bits per heavy atom. The monoisotopic (exact) mass is 207 g/mol. The second-order valence-electron chi connectivity index (χ2n) is 4.04. The van der Waals surface area contributed by atoms with E-state index in [0.717, 1.165) is 12.4 Å². The average Bonchev–Trinajstić information content (AvgIpc) is 2.18. The van der Waals surface area contributed by atoms with Gasteiger partial charge in [-0.25, -0.2) is 0 Å². The summed E-state index contributed by atoms with van der Waals surface area (Å²) in [5.74, 6) is 1.50. The number of nitrogens with one attached hydrogen (secondary N) is 1. The molecule has 0 unspecified atom stereocenters. The highest BCUT2D eigenvalue weighted by molar-refractivity contribution is 5.57. The first-order chi connectivity index (χ1) is 7.10. The van der Waals surface area contributed by atoms with Crippen molar-refractivity contribution in [1.29, 1.82) is 0 Å². The van der Waals surface area contributed by atoms with Crippen LogP contribution in [0.3, 0.4) is 0 Å². The molecule has 15 heavy (non-hydrogen) atoms. The maximum atomic E-state index is 5.65. The van der Waals surface area contributed by atoms with Crippen molar-refractivity contribution in [2.75, 3.05) is 19.0 Å². The van der Waals surface area contributed by atoms with Crippen LogP contribution in [-0.2, 0) is 0 Å². The molecule has 0 aliphatic heterocycles. The van der Waals surface area contributed by atoms with Crippen LogP contribution in [0.1, 0.15) is 37.8 Å². The molecule has 84 valence electrons. The van der Waals surface area contributed by atoms with Gasteiger partial charge in [0.05, 0.1) is 6.61 Å². The van der Waals surface area contributed by atoms with E-state index in [4.69, 9.17) is 4.74 Å². The minimum atomic E-state index is 0.485. The highest BCUT2D eigenvalue weighted by Crippen LogP contribution is 2.31. The van der Waals surface area contributed by atoms with Gasteiger partial charge in [-0.15, -0.1) is 0 Å². The summed E-state index contributed by atoms with van der Waals surface area (Å²) in [7, 11) is 1.95. The summed E-state index contributed by atoms with van der Waals surface area (Å²) in [6.45, 7) is 9.21. The SMILES string of the molecule is CCOc1cc(C)c(NC)cc1C(C)C. The third-order valence-corrected chi connectivity index (χ3v) is 2.55. The molecule has 0 saturated heterocycles. The van der Waals surface area contributed by atoms with Crippen LogP contribution in [0.4, 0.5) is 5.69 Å². The van der Waals surface area contributed by atoms with Crippen LogP contribution >= 0.6 is 0 Å². The molecule has 2 nitrogen and oxygen atoms in total. The van der Waals surface area contributed by atoms with Gasteiger partial charge < -0.3 is 10.1 Å². The molecule has 2 heteroatoms. The number of rotatable bonds is 4. The molecule has 0 heterocycles. The fraction of sp³-hybridized carbons (Fsp3) is 0.538. The fourth-order valence-corrected chi connectivity index (χ4v) is 1.70. The van der Waals surface area contributed by atoms with Gasteiger partial charge in [-0.2, -0.15) is 0 Å². The maximum Gasteiger partial charge on any atom is 0.123 e. The third kappa shape index (κ3) is 2.65. The lowest BCUT2D eigenvalue weighted by Gasteiger charge is -2.16. The van der Waals surface area contributed by atoms with Crippen molar-refractivity contribution in [2.24, 2.45) is 0 Å². The standard InChI is InChI=1S/C13H21NO/c1-6-15-13-7-10(4)12(14-5)8-11(13)9(2)3/h7-9,14H,6H2,1-5H3. The Kier molecular flexibility index (Phi) is 4.01. The number of anilines is 1. The van der Waals surface area contributed by atoms with Gasteiger partial charge in [0.15, 0.2) is 0 Å². The first kappa shape index (κ1) is 11.9. The molecule has 0 bridgehead atoms. The van der Waals surface area contributed by atoms with Crippen LogP contribution in [0, 0.1) is 6.92 Å². The number of hydrogen-bond donors (Lipinski definition) is 1.